The lowest BCUT2D eigenvalue weighted by Gasteiger charge is -2.16. The van der Waals surface area contributed by atoms with E-state index in [-0.39, 0.29) is 24.2 Å². The van der Waals surface area contributed by atoms with Crippen molar-refractivity contribution in [1.82, 2.24) is 5.32 Å². The van der Waals surface area contributed by atoms with Gasteiger partial charge in [0.2, 0.25) is 5.91 Å². The van der Waals surface area contributed by atoms with Gasteiger partial charge in [0.05, 0.1) is 12.5 Å². The van der Waals surface area contributed by atoms with Gasteiger partial charge in [-0.15, -0.1) is 0 Å². The Kier molecular flexibility index (Phi) is 5.21. The van der Waals surface area contributed by atoms with Gasteiger partial charge in [0.1, 0.15) is 5.82 Å². The predicted octanol–water partition coefficient (Wildman–Crippen LogP) is 4.55. The Morgan fingerprint density at radius 3 is 2.48 bits per heavy atom. The average Bonchev–Trinajstić information content (AvgIpc) is 2.41. The molecule has 1 atom stereocenters. The van der Waals surface area contributed by atoms with Crippen molar-refractivity contribution < 1.29 is 9.18 Å². The van der Waals surface area contributed by atoms with Crippen LogP contribution >= 0.6 is 23.2 Å². The summed E-state index contributed by atoms with van der Waals surface area (Å²) in [6.45, 7) is 1.84. The van der Waals surface area contributed by atoms with Crippen LogP contribution in [0, 0.1) is 5.82 Å². The molecule has 0 fully saturated rings. The van der Waals surface area contributed by atoms with Crippen molar-refractivity contribution in [2.24, 2.45) is 0 Å². The van der Waals surface area contributed by atoms with Gasteiger partial charge in [0.15, 0.2) is 0 Å². The van der Waals surface area contributed by atoms with Crippen molar-refractivity contribution in [3.05, 3.63) is 69.5 Å². The van der Waals surface area contributed by atoms with Crippen molar-refractivity contribution >= 4 is 29.1 Å². The summed E-state index contributed by atoms with van der Waals surface area (Å²) in [4.78, 5) is 12.0. The van der Waals surface area contributed by atoms with Crippen LogP contribution < -0.4 is 5.32 Å². The molecule has 5 heteroatoms. The zero-order valence-corrected chi connectivity index (χ0v) is 12.9. The highest BCUT2D eigenvalue weighted by Crippen LogP contribution is 2.26. The lowest BCUT2D eigenvalue weighted by Crippen LogP contribution is -2.28. The van der Waals surface area contributed by atoms with E-state index in [0.29, 0.717) is 10.0 Å². The Morgan fingerprint density at radius 1 is 1.19 bits per heavy atom. The monoisotopic (exact) mass is 325 g/mol. The molecule has 0 bridgehead atoms. The minimum Gasteiger partial charge on any atom is -0.349 e. The molecule has 2 nitrogen and oxygen atoms in total. The van der Waals surface area contributed by atoms with Crippen molar-refractivity contribution in [2.75, 3.05) is 0 Å². The summed E-state index contributed by atoms with van der Waals surface area (Å²) in [6, 6.07) is 10.8. The van der Waals surface area contributed by atoms with Crippen LogP contribution in [-0.4, -0.2) is 5.91 Å². The Labute approximate surface area is 132 Å². The second kappa shape index (κ2) is 6.92. The Bertz CT molecular complexity index is 643. The third-order valence-corrected chi connectivity index (χ3v) is 3.65. The molecule has 0 aliphatic heterocycles. The molecule has 0 aromatic heterocycles. The molecule has 0 saturated heterocycles. The van der Waals surface area contributed by atoms with Crippen LogP contribution in [-0.2, 0) is 11.2 Å². The van der Waals surface area contributed by atoms with Crippen molar-refractivity contribution in [3.8, 4) is 0 Å². The lowest BCUT2D eigenvalue weighted by atomic mass is 10.1. The van der Waals surface area contributed by atoms with Crippen LogP contribution in [0.1, 0.15) is 24.1 Å². The maximum absolute atomic E-state index is 12.8. The van der Waals surface area contributed by atoms with E-state index in [2.05, 4.69) is 5.32 Å². The van der Waals surface area contributed by atoms with E-state index < -0.39 is 0 Å². The number of benzene rings is 2. The van der Waals surface area contributed by atoms with Gasteiger partial charge in [-0.1, -0.05) is 41.4 Å². The van der Waals surface area contributed by atoms with Gasteiger partial charge in [-0.2, -0.15) is 0 Å². The summed E-state index contributed by atoms with van der Waals surface area (Å²) in [5.74, 6) is -0.472. The maximum Gasteiger partial charge on any atom is 0.224 e. The van der Waals surface area contributed by atoms with Gasteiger partial charge in [-0.3, -0.25) is 4.79 Å². The lowest BCUT2D eigenvalue weighted by molar-refractivity contribution is -0.121. The van der Waals surface area contributed by atoms with Gasteiger partial charge in [-0.05, 0) is 42.3 Å². The smallest absolute Gasteiger partial charge is 0.224 e. The normalized spacial score (nSPS) is 12.0. The number of amides is 1. The van der Waals surface area contributed by atoms with Gasteiger partial charge >= 0.3 is 0 Å². The second-order valence-corrected chi connectivity index (χ2v) is 5.60. The Balaban J connectivity index is 2.00. The molecule has 1 N–H and O–H groups in total. The van der Waals surface area contributed by atoms with Crippen molar-refractivity contribution in [3.63, 3.8) is 0 Å². The van der Waals surface area contributed by atoms with Crippen LogP contribution in [0.2, 0.25) is 10.0 Å². The number of carbonyl (C=O) groups is 1. The molecule has 0 aliphatic carbocycles. The van der Waals surface area contributed by atoms with Crippen molar-refractivity contribution in [2.45, 2.75) is 19.4 Å². The number of hydrogen-bond acceptors (Lipinski definition) is 1. The van der Waals surface area contributed by atoms with Crippen LogP contribution in [0.3, 0.4) is 0 Å². The first-order valence-corrected chi connectivity index (χ1v) is 7.20. The van der Waals surface area contributed by atoms with E-state index in [1.165, 1.54) is 12.1 Å². The highest BCUT2D eigenvalue weighted by molar-refractivity contribution is 6.35. The fourth-order valence-electron chi connectivity index (χ4n) is 2.01. The maximum atomic E-state index is 12.8. The second-order valence-electron chi connectivity index (χ2n) is 4.76. The van der Waals surface area contributed by atoms with Crippen LogP contribution in [0.15, 0.2) is 42.5 Å². The van der Waals surface area contributed by atoms with Crippen LogP contribution in [0.25, 0.3) is 0 Å². The summed E-state index contributed by atoms with van der Waals surface area (Å²) in [5.41, 5.74) is 1.55. The quantitative estimate of drug-likeness (QED) is 0.877. The first-order valence-electron chi connectivity index (χ1n) is 6.44. The fraction of sp³-hybridized carbons (Fsp3) is 0.188. The third kappa shape index (κ3) is 4.45. The van der Waals surface area contributed by atoms with Crippen LogP contribution in [0.5, 0.6) is 0 Å². The van der Waals surface area contributed by atoms with E-state index >= 15 is 0 Å². The number of carbonyl (C=O) groups excluding carboxylic acids is 1. The van der Waals surface area contributed by atoms with E-state index in [1.807, 2.05) is 6.92 Å². The molecular formula is C16H14Cl2FNO. The number of nitrogens with one attached hydrogen (secondary N) is 1. The summed E-state index contributed by atoms with van der Waals surface area (Å²) in [6.07, 6.45) is 0.190. The Hall–Kier alpha value is -1.58. The summed E-state index contributed by atoms with van der Waals surface area (Å²) < 4.78 is 12.8. The van der Waals surface area contributed by atoms with E-state index in [1.54, 1.807) is 30.3 Å². The van der Waals surface area contributed by atoms with Gasteiger partial charge in [-0.25, -0.2) is 4.39 Å². The molecule has 1 amide bonds. The molecule has 21 heavy (non-hydrogen) atoms. The summed E-state index contributed by atoms with van der Waals surface area (Å²) in [7, 11) is 0. The number of hydrogen-bond donors (Lipinski definition) is 1. The van der Waals surface area contributed by atoms with Gasteiger partial charge in [0.25, 0.3) is 0 Å². The molecule has 0 spiro atoms. The molecule has 0 heterocycles. The highest BCUT2D eigenvalue weighted by Gasteiger charge is 2.13. The number of rotatable bonds is 4. The first kappa shape index (κ1) is 15.8. The molecule has 1 unspecified atom stereocenters. The topological polar surface area (TPSA) is 29.1 Å². The molecule has 0 radical (unpaired) electrons. The zero-order valence-electron chi connectivity index (χ0n) is 11.4. The van der Waals surface area contributed by atoms with Crippen LogP contribution in [0.4, 0.5) is 4.39 Å². The zero-order chi connectivity index (χ0) is 15.4. The minimum atomic E-state index is -0.319. The third-order valence-electron chi connectivity index (χ3n) is 3.08. The molecular weight excluding hydrogens is 312 g/mol. The van der Waals surface area contributed by atoms with Gasteiger partial charge < -0.3 is 5.32 Å². The van der Waals surface area contributed by atoms with Crippen molar-refractivity contribution in [1.29, 1.82) is 0 Å². The predicted molar refractivity (Wildman–Crippen MR) is 83.1 cm³/mol. The SMILES string of the molecule is CC(NC(=O)Cc1ccc(F)cc1)c1ccc(Cl)cc1Cl. The highest BCUT2D eigenvalue weighted by atomic mass is 35.5. The molecule has 0 saturated carbocycles. The Morgan fingerprint density at radius 2 is 1.86 bits per heavy atom. The largest absolute Gasteiger partial charge is 0.349 e. The molecule has 2 rings (SSSR count). The molecule has 110 valence electrons. The molecule has 0 aliphatic rings. The molecule has 2 aromatic rings. The average molecular weight is 326 g/mol. The minimum absolute atomic E-state index is 0.153. The molecule has 2 aromatic carbocycles. The fourth-order valence-corrected chi connectivity index (χ4v) is 2.58. The standard InChI is InChI=1S/C16H14Cl2FNO/c1-10(14-7-4-12(17)9-15(14)18)20-16(21)8-11-2-5-13(19)6-3-11/h2-7,9-10H,8H2,1H3,(H,20,21). The number of halogens is 3. The summed E-state index contributed by atoms with van der Waals surface area (Å²) in [5, 5.41) is 3.92. The van der Waals surface area contributed by atoms with E-state index in [0.717, 1.165) is 11.1 Å². The van der Waals surface area contributed by atoms with E-state index in [4.69, 9.17) is 23.2 Å². The first-order chi connectivity index (χ1) is 9.95. The summed E-state index contributed by atoms with van der Waals surface area (Å²) >= 11 is 12.0. The van der Waals surface area contributed by atoms with E-state index in [9.17, 15) is 9.18 Å². The van der Waals surface area contributed by atoms with Gasteiger partial charge in [0, 0.05) is 10.0 Å².